The number of para-hydroxylation sites is 1. The fraction of sp³-hybridized carbons (Fsp3) is 0.440. The first-order valence-electron chi connectivity index (χ1n) is 10.9. The third-order valence-corrected chi connectivity index (χ3v) is 5.41. The molecule has 1 atom stereocenters. The van der Waals surface area contributed by atoms with Crippen molar-refractivity contribution in [1.29, 1.82) is 0 Å². The Balaban J connectivity index is 1.45. The number of amides is 2. The van der Waals surface area contributed by atoms with Gasteiger partial charge in [-0.15, -0.1) is 0 Å². The molecule has 0 unspecified atom stereocenters. The van der Waals surface area contributed by atoms with Crippen LogP contribution in [0.4, 0.5) is 0 Å². The fourth-order valence-corrected chi connectivity index (χ4v) is 3.69. The summed E-state index contributed by atoms with van der Waals surface area (Å²) in [5, 5.41) is 3.11. The predicted octanol–water partition coefficient (Wildman–Crippen LogP) is 3.97. The summed E-state index contributed by atoms with van der Waals surface area (Å²) in [6, 6.07) is 17.0. The lowest BCUT2D eigenvalue weighted by atomic mass is 9.95. The van der Waals surface area contributed by atoms with Gasteiger partial charge in [0.1, 0.15) is 11.5 Å². The average molecular weight is 425 g/mol. The lowest BCUT2D eigenvalue weighted by molar-refractivity contribution is -0.137. The van der Waals surface area contributed by atoms with E-state index in [-0.39, 0.29) is 36.5 Å². The molecule has 2 aromatic rings. The molecule has 2 aromatic carbocycles. The summed E-state index contributed by atoms with van der Waals surface area (Å²) >= 11 is 0. The molecule has 1 saturated heterocycles. The molecule has 0 saturated carbocycles. The van der Waals surface area contributed by atoms with E-state index in [1.54, 1.807) is 4.90 Å². The van der Waals surface area contributed by atoms with Gasteiger partial charge in [-0.1, -0.05) is 30.3 Å². The van der Waals surface area contributed by atoms with Crippen LogP contribution in [-0.2, 0) is 9.59 Å². The lowest BCUT2D eigenvalue weighted by Gasteiger charge is -2.32. The molecule has 0 bridgehead atoms. The Hall–Kier alpha value is -3.02. The summed E-state index contributed by atoms with van der Waals surface area (Å²) in [4.78, 5) is 26.9. The molecule has 0 spiro atoms. The van der Waals surface area contributed by atoms with Gasteiger partial charge in [0.25, 0.3) is 5.91 Å². The molecule has 2 amide bonds. The van der Waals surface area contributed by atoms with E-state index >= 15 is 0 Å². The van der Waals surface area contributed by atoms with Gasteiger partial charge in [-0.3, -0.25) is 9.59 Å². The summed E-state index contributed by atoms with van der Waals surface area (Å²) in [5.74, 6) is 1.39. The molecule has 1 fully saturated rings. The van der Waals surface area contributed by atoms with Crippen molar-refractivity contribution < 1.29 is 19.1 Å². The van der Waals surface area contributed by atoms with E-state index in [2.05, 4.69) is 5.32 Å². The van der Waals surface area contributed by atoms with E-state index in [9.17, 15) is 9.59 Å². The summed E-state index contributed by atoms with van der Waals surface area (Å²) in [6.45, 7) is 7.12. The smallest absolute Gasteiger partial charge is 0.260 e. The lowest BCUT2D eigenvalue weighted by Crippen LogP contribution is -2.44. The quantitative estimate of drug-likeness (QED) is 0.696. The first kappa shape index (κ1) is 22.7. The van der Waals surface area contributed by atoms with Gasteiger partial charge in [0, 0.05) is 19.0 Å². The fourth-order valence-electron chi connectivity index (χ4n) is 3.69. The van der Waals surface area contributed by atoms with Crippen LogP contribution in [0.25, 0.3) is 0 Å². The zero-order valence-electron chi connectivity index (χ0n) is 18.5. The highest BCUT2D eigenvalue weighted by molar-refractivity contribution is 5.81. The Kier molecular flexibility index (Phi) is 7.93. The van der Waals surface area contributed by atoms with E-state index in [4.69, 9.17) is 9.47 Å². The number of piperidine rings is 1. The van der Waals surface area contributed by atoms with Gasteiger partial charge in [0.05, 0.1) is 12.1 Å². The molecular formula is C25H32N2O4. The minimum atomic E-state index is -0.109. The molecule has 6 heteroatoms. The Morgan fingerprint density at radius 3 is 2.35 bits per heavy atom. The molecule has 1 aliphatic rings. The average Bonchev–Trinajstić information content (AvgIpc) is 2.78. The molecule has 0 aromatic heterocycles. The zero-order chi connectivity index (χ0) is 22.2. The Labute approximate surface area is 184 Å². The maximum atomic E-state index is 12.8. The minimum Gasteiger partial charge on any atom is -0.491 e. The van der Waals surface area contributed by atoms with Gasteiger partial charge in [0.2, 0.25) is 5.91 Å². The highest BCUT2D eigenvalue weighted by Gasteiger charge is 2.28. The molecule has 6 nitrogen and oxygen atoms in total. The number of nitrogens with one attached hydrogen (secondary N) is 1. The number of likely N-dealkylation sites (tertiary alicyclic amines) is 1. The molecule has 0 aliphatic carbocycles. The zero-order valence-corrected chi connectivity index (χ0v) is 18.5. The van der Waals surface area contributed by atoms with Gasteiger partial charge >= 0.3 is 0 Å². The van der Waals surface area contributed by atoms with Crippen molar-refractivity contribution in [2.45, 2.75) is 45.8 Å². The van der Waals surface area contributed by atoms with Gasteiger partial charge in [0.15, 0.2) is 6.61 Å². The second kappa shape index (κ2) is 10.8. The number of hydrogen-bond acceptors (Lipinski definition) is 4. The highest BCUT2D eigenvalue weighted by Crippen LogP contribution is 2.23. The van der Waals surface area contributed by atoms with Crippen molar-refractivity contribution in [1.82, 2.24) is 10.2 Å². The van der Waals surface area contributed by atoms with Crippen LogP contribution >= 0.6 is 0 Å². The van der Waals surface area contributed by atoms with E-state index < -0.39 is 0 Å². The van der Waals surface area contributed by atoms with E-state index in [0.717, 1.165) is 11.3 Å². The second-order valence-electron chi connectivity index (χ2n) is 8.23. The SMILES string of the molecule is CC(C)Oc1cccc([C@@H](C)NC(=O)C2CCN(C(=O)COc3ccccc3)CC2)c1. The van der Waals surface area contributed by atoms with Crippen molar-refractivity contribution in [3.63, 3.8) is 0 Å². The number of hydrogen-bond donors (Lipinski definition) is 1. The minimum absolute atomic E-state index is 0.0205. The third-order valence-electron chi connectivity index (χ3n) is 5.41. The first-order chi connectivity index (χ1) is 14.9. The predicted molar refractivity (Wildman–Crippen MR) is 120 cm³/mol. The Morgan fingerprint density at radius 2 is 1.68 bits per heavy atom. The van der Waals surface area contributed by atoms with Crippen LogP contribution < -0.4 is 14.8 Å². The highest BCUT2D eigenvalue weighted by atomic mass is 16.5. The van der Waals surface area contributed by atoms with Crippen molar-refractivity contribution in [2.75, 3.05) is 19.7 Å². The van der Waals surface area contributed by atoms with Crippen LogP contribution in [-0.4, -0.2) is 42.5 Å². The maximum Gasteiger partial charge on any atom is 0.260 e. The maximum absolute atomic E-state index is 12.8. The third kappa shape index (κ3) is 6.74. The van der Waals surface area contributed by atoms with Gasteiger partial charge in [-0.05, 0) is 63.4 Å². The Morgan fingerprint density at radius 1 is 1.00 bits per heavy atom. The summed E-state index contributed by atoms with van der Waals surface area (Å²) in [6.07, 6.45) is 1.42. The van der Waals surface area contributed by atoms with Crippen LogP contribution in [0.2, 0.25) is 0 Å². The number of rotatable bonds is 8. The van der Waals surface area contributed by atoms with Crippen LogP contribution in [0, 0.1) is 5.92 Å². The molecule has 1 aliphatic heterocycles. The molecule has 1 N–H and O–H groups in total. The summed E-state index contributed by atoms with van der Waals surface area (Å²) in [7, 11) is 0. The largest absolute Gasteiger partial charge is 0.491 e. The monoisotopic (exact) mass is 424 g/mol. The van der Waals surface area contributed by atoms with Gasteiger partial charge in [-0.25, -0.2) is 0 Å². The van der Waals surface area contributed by atoms with Crippen LogP contribution in [0.1, 0.15) is 45.2 Å². The van der Waals surface area contributed by atoms with Gasteiger partial charge in [-0.2, -0.15) is 0 Å². The molecule has 31 heavy (non-hydrogen) atoms. The number of benzene rings is 2. The van der Waals surface area contributed by atoms with Gasteiger partial charge < -0.3 is 19.7 Å². The van der Waals surface area contributed by atoms with Crippen molar-refractivity contribution in [3.8, 4) is 11.5 Å². The molecule has 166 valence electrons. The normalized spacial score (nSPS) is 15.4. The Bertz CT molecular complexity index is 861. The molecular weight excluding hydrogens is 392 g/mol. The van der Waals surface area contributed by atoms with E-state index in [1.165, 1.54) is 0 Å². The summed E-state index contributed by atoms with van der Waals surface area (Å²) < 4.78 is 11.3. The van der Waals surface area contributed by atoms with E-state index in [1.807, 2.05) is 75.4 Å². The molecule has 3 rings (SSSR count). The van der Waals surface area contributed by atoms with Crippen molar-refractivity contribution in [2.24, 2.45) is 5.92 Å². The van der Waals surface area contributed by atoms with E-state index in [0.29, 0.717) is 31.7 Å². The standard InChI is InChI=1S/C25H32N2O4/c1-18(2)31-23-11-7-8-21(16-23)19(3)26-25(29)20-12-14-27(15-13-20)24(28)17-30-22-9-5-4-6-10-22/h4-11,16,18-20H,12-15,17H2,1-3H3,(H,26,29)/t19-/m1/s1. The van der Waals surface area contributed by atoms with Crippen LogP contribution in [0.3, 0.4) is 0 Å². The second-order valence-corrected chi connectivity index (χ2v) is 8.23. The number of carbonyl (C=O) groups excluding carboxylic acids is 2. The topological polar surface area (TPSA) is 67.9 Å². The first-order valence-corrected chi connectivity index (χ1v) is 10.9. The number of nitrogens with zero attached hydrogens (tertiary/aromatic N) is 1. The molecule has 0 radical (unpaired) electrons. The molecule has 1 heterocycles. The van der Waals surface area contributed by atoms with Crippen molar-refractivity contribution >= 4 is 11.8 Å². The van der Waals surface area contributed by atoms with Crippen LogP contribution in [0.15, 0.2) is 54.6 Å². The number of carbonyl (C=O) groups is 2. The van der Waals surface area contributed by atoms with Crippen LogP contribution in [0.5, 0.6) is 11.5 Å². The summed E-state index contributed by atoms with van der Waals surface area (Å²) in [5.41, 5.74) is 1.01. The number of ether oxygens (including phenoxy) is 2. The van der Waals surface area contributed by atoms with Crippen molar-refractivity contribution in [3.05, 3.63) is 60.2 Å².